The lowest BCUT2D eigenvalue weighted by Crippen LogP contribution is -2.46. The molecular weight excluding hydrogens is 361 g/mol. The van der Waals surface area contributed by atoms with Crippen molar-refractivity contribution in [2.45, 2.75) is 50.7 Å². The first-order chi connectivity index (χ1) is 12.9. The van der Waals surface area contributed by atoms with E-state index in [0.717, 1.165) is 0 Å². The summed E-state index contributed by atoms with van der Waals surface area (Å²) in [5, 5.41) is 2.85. The Bertz CT molecular complexity index is 648. The number of amides is 1. The van der Waals surface area contributed by atoms with Crippen LogP contribution in [0.15, 0.2) is 12.3 Å². The Morgan fingerprint density at radius 3 is 2.67 bits per heavy atom. The number of carbonyl (C=O) groups excluding carboxylic acids is 1. The number of anilines is 1. The number of aromatic nitrogens is 2. The monoisotopic (exact) mass is 386 g/mol. The number of methoxy groups -OCH3 is 1. The molecule has 2 fully saturated rings. The van der Waals surface area contributed by atoms with Crippen LogP contribution in [0, 0.1) is 11.8 Å². The van der Waals surface area contributed by atoms with Crippen molar-refractivity contribution in [2.24, 2.45) is 11.8 Å². The summed E-state index contributed by atoms with van der Waals surface area (Å²) < 4.78 is 43.9. The Hall–Kier alpha value is -2.06. The predicted molar refractivity (Wildman–Crippen MR) is 93.5 cm³/mol. The second kappa shape index (κ2) is 8.31. The zero-order valence-corrected chi connectivity index (χ0v) is 15.3. The molecule has 2 heterocycles. The summed E-state index contributed by atoms with van der Waals surface area (Å²) in [6.07, 6.45) is -0.0225. The number of nitrogens with zero attached hydrogens (tertiary/aromatic N) is 3. The molecule has 1 aromatic rings. The minimum atomic E-state index is -4.18. The van der Waals surface area contributed by atoms with E-state index in [9.17, 15) is 18.0 Å². The average Bonchev–Trinajstić information content (AvgIpc) is 2.67. The van der Waals surface area contributed by atoms with Gasteiger partial charge in [0.15, 0.2) is 0 Å². The van der Waals surface area contributed by atoms with Crippen LogP contribution in [-0.2, 0) is 4.79 Å². The lowest BCUT2D eigenvalue weighted by atomic mass is 9.84. The van der Waals surface area contributed by atoms with Crippen LogP contribution >= 0.6 is 0 Å². The summed E-state index contributed by atoms with van der Waals surface area (Å²) in [5.41, 5.74) is 0. The van der Waals surface area contributed by atoms with Crippen LogP contribution in [-0.4, -0.2) is 48.3 Å². The molecule has 6 nitrogen and oxygen atoms in total. The van der Waals surface area contributed by atoms with Crippen molar-refractivity contribution >= 4 is 11.9 Å². The number of halogens is 3. The Morgan fingerprint density at radius 2 is 2.00 bits per heavy atom. The average molecular weight is 386 g/mol. The van der Waals surface area contributed by atoms with Crippen molar-refractivity contribution < 1.29 is 22.7 Å². The molecule has 9 heteroatoms. The molecule has 2 aliphatic rings. The molecule has 0 radical (unpaired) electrons. The van der Waals surface area contributed by atoms with Crippen LogP contribution in [0.3, 0.4) is 0 Å². The van der Waals surface area contributed by atoms with E-state index in [1.54, 1.807) is 12.3 Å². The molecule has 2 atom stereocenters. The number of carbonyl (C=O) groups is 1. The van der Waals surface area contributed by atoms with Gasteiger partial charge in [-0.2, -0.15) is 18.2 Å². The summed E-state index contributed by atoms with van der Waals surface area (Å²) in [6, 6.07) is 1.29. The van der Waals surface area contributed by atoms with E-state index in [0.29, 0.717) is 50.6 Å². The van der Waals surface area contributed by atoms with Crippen LogP contribution in [0.25, 0.3) is 0 Å². The van der Waals surface area contributed by atoms with E-state index in [-0.39, 0.29) is 30.7 Å². The fourth-order valence-corrected chi connectivity index (χ4v) is 3.88. The van der Waals surface area contributed by atoms with Gasteiger partial charge in [-0.3, -0.25) is 4.79 Å². The van der Waals surface area contributed by atoms with Gasteiger partial charge in [-0.05, 0) is 32.1 Å². The van der Waals surface area contributed by atoms with Gasteiger partial charge in [0.05, 0.1) is 13.0 Å². The normalized spacial score (nSPS) is 24.5. The zero-order valence-electron chi connectivity index (χ0n) is 15.3. The van der Waals surface area contributed by atoms with E-state index >= 15 is 0 Å². The van der Waals surface area contributed by atoms with Crippen molar-refractivity contribution in [1.82, 2.24) is 15.3 Å². The SMILES string of the molecule is COc1ccnc(N2CCC(C(=O)NC3CCCC(C(F)(F)F)C3)CC2)n1. The maximum atomic E-state index is 12.9. The number of rotatable bonds is 4. The van der Waals surface area contributed by atoms with Crippen molar-refractivity contribution in [3.63, 3.8) is 0 Å². The molecule has 1 saturated carbocycles. The number of ether oxygens (including phenoxy) is 1. The Kier molecular flexibility index (Phi) is 6.06. The minimum Gasteiger partial charge on any atom is -0.481 e. The lowest BCUT2D eigenvalue weighted by molar-refractivity contribution is -0.184. The minimum absolute atomic E-state index is 0.00820. The van der Waals surface area contributed by atoms with Gasteiger partial charge in [0, 0.05) is 37.3 Å². The molecule has 1 saturated heterocycles. The first-order valence-corrected chi connectivity index (χ1v) is 9.36. The van der Waals surface area contributed by atoms with Gasteiger partial charge in [-0.15, -0.1) is 0 Å². The highest BCUT2D eigenvalue weighted by Gasteiger charge is 2.42. The smallest absolute Gasteiger partial charge is 0.391 e. The molecule has 1 aliphatic heterocycles. The summed E-state index contributed by atoms with van der Waals surface area (Å²) in [6.45, 7) is 1.25. The first kappa shape index (κ1) is 19.7. The molecule has 27 heavy (non-hydrogen) atoms. The molecule has 1 N–H and O–H groups in total. The second-order valence-corrected chi connectivity index (χ2v) is 7.27. The highest BCUT2D eigenvalue weighted by atomic mass is 19.4. The summed E-state index contributed by atoms with van der Waals surface area (Å²) >= 11 is 0. The van der Waals surface area contributed by atoms with E-state index in [1.807, 2.05) is 4.90 Å². The van der Waals surface area contributed by atoms with Crippen LogP contribution in [0.4, 0.5) is 19.1 Å². The summed E-state index contributed by atoms with van der Waals surface area (Å²) in [4.78, 5) is 23.0. The van der Waals surface area contributed by atoms with Crippen LogP contribution in [0.5, 0.6) is 5.88 Å². The Labute approximate surface area is 156 Å². The van der Waals surface area contributed by atoms with Crippen molar-refractivity contribution in [2.75, 3.05) is 25.1 Å². The predicted octanol–water partition coefficient (Wildman–Crippen LogP) is 2.94. The van der Waals surface area contributed by atoms with Crippen molar-refractivity contribution in [3.05, 3.63) is 12.3 Å². The summed E-state index contributed by atoms with van der Waals surface area (Å²) in [5.74, 6) is -0.569. The van der Waals surface area contributed by atoms with E-state index in [4.69, 9.17) is 4.74 Å². The number of nitrogens with one attached hydrogen (secondary N) is 1. The molecule has 0 spiro atoms. The van der Waals surface area contributed by atoms with E-state index in [2.05, 4.69) is 15.3 Å². The van der Waals surface area contributed by atoms with Crippen LogP contribution in [0.1, 0.15) is 38.5 Å². The molecule has 1 amide bonds. The molecule has 3 rings (SSSR count). The van der Waals surface area contributed by atoms with Gasteiger partial charge in [-0.25, -0.2) is 4.98 Å². The molecule has 150 valence electrons. The maximum absolute atomic E-state index is 12.9. The Balaban J connectivity index is 1.50. The third-order valence-electron chi connectivity index (χ3n) is 5.46. The van der Waals surface area contributed by atoms with Crippen molar-refractivity contribution in [1.29, 1.82) is 0 Å². The van der Waals surface area contributed by atoms with Gasteiger partial charge in [0.25, 0.3) is 0 Å². The number of alkyl halides is 3. The second-order valence-electron chi connectivity index (χ2n) is 7.27. The van der Waals surface area contributed by atoms with Gasteiger partial charge < -0.3 is 15.0 Å². The van der Waals surface area contributed by atoms with Gasteiger partial charge >= 0.3 is 6.18 Å². The summed E-state index contributed by atoms with van der Waals surface area (Å²) in [7, 11) is 1.54. The number of hydrogen-bond donors (Lipinski definition) is 1. The highest BCUT2D eigenvalue weighted by molar-refractivity contribution is 5.79. The molecule has 0 aromatic carbocycles. The highest BCUT2D eigenvalue weighted by Crippen LogP contribution is 2.37. The molecule has 2 unspecified atom stereocenters. The number of hydrogen-bond acceptors (Lipinski definition) is 5. The van der Waals surface area contributed by atoms with Gasteiger partial charge in [-0.1, -0.05) is 6.42 Å². The van der Waals surface area contributed by atoms with Crippen LogP contribution < -0.4 is 15.0 Å². The van der Waals surface area contributed by atoms with Gasteiger partial charge in [0.2, 0.25) is 17.7 Å². The fourth-order valence-electron chi connectivity index (χ4n) is 3.88. The maximum Gasteiger partial charge on any atom is 0.391 e. The standard InChI is InChI=1S/C18H25F3N4O2/c1-27-15-5-8-22-17(24-15)25-9-6-12(7-10-25)16(26)23-14-4-2-3-13(11-14)18(19,20)21/h5,8,12-14H,2-4,6-7,9-11H2,1H3,(H,23,26). The number of piperidine rings is 1. The Morgan fingerprint density at radius 1 is 1.26 bits per heavy atom. The van der Waals surface area contributed by atoms with Gasteiger partial charge in [0.1, 0.15) is 0 Å². The quantitative estimate of drug-likeness (QED) is 0.862. The lowest BCUT2D eigenvalue weighted by Gasteiger charge is -2.34. The van der Waals surface area contributed by atoms with E-state index in [1.165, 1.54) is 7.11 Å². The zero-order chi connectivity index (χ0) is 19.4. The molecule has 1 aromatic heterocycles. The molecule has 0 bridgehead atoms. The fraction of sp³-hybridized carbons (Fsp3) is 0.722. The molecule has 1 aliphatic carbocycles. The van der Waals surface area contributed by atoms with E-state index < -0.39 is 12.1 Å². The topological polar surface area (TPSA) is 67.3 Å². The molecular formula is C18H25F3N4O2. The van der Waals surface area contributed by atoms with Crippen molar-refractivity contribution in [3.8, 4) is 5.88 Å². The van der Waals surface area contributed by atoms with Crippen LogP contribution in [0.2, 0.25) is 0 Å². The largest absolute Gasteiger partial charge is 0.481 e. The first-order valence-electron chi connectivity index (χ1n) is 9.36. The third-order valence-corrected chi connectivity index (χ3v) is 5.46. The third kappa shape index (κ3) is 5.01.